The van der Waals surface area contributed by atoms with Crippen LogP contribution in [0.1, 0.15) is 0 Å². The Morgan fingerprint density at radius 3 is 0.533 bits per heavy atom. The van der Waals surface area contributed by atoms with Crippen molar-refractivity contribution in [2.24, 2.45) is 0 Å². The van der Waals surface area contributed by atoms with Crippen molar-refractivity contribution in [3.63, 3.8) is 0 Å². The highest BCUT2D eigenvalue weighted by Gasteiger charge is 2.28. The van der Waals surface area contributed by atoms with Gasteiger partial charge in [0.15, 0.2) is 0 Å². The number of hydrogen-bond donors (Lipinski definition) is 0. The Morgan fingerprint density at radius 1 is 0.200 bits per heavy atom. The molecule has 0 spiro atoms. The number of guanidine groups is 4. The van der Waals surface area contributed by atoms with Gasteiger partial charge in [0.05, 0.1) is 141 Å². The lowest BCUT2D eigenvalue weighted by atomic mass is 9.81. The van der Waals surface area contributed by atoms with Gasteiger partial charge in [-0.05, 0) is 138 Å². The van der Waals surface area contributed by atoms with Gasteiger partial charge in [-0.2, -0.15) is 0 Å². The molecule has 0 heterocycles. The molecule has 0 aliphatic carbocycles. The Bertz CT molecular complexity index is 3820. The van der Waals surface area contributed by atoms with E-state index in [0.29, 0.717) is 0 Å². The summed E-state index contributed by atoms with van der Waals surface area (Å²) in [5, 5.41) is 0. The zero-order valence-electron chi connectivity index (χ0n) is 57.0. The monoisotopic (exact) mass is 1200 g/mol. The number of benzene rings is 9. The molecule has 12 nitrogen and oxygen atoms in total. The highest BCUT2D eigenvalue weighted by molar-refractivity contribution is 6.05. The molecule has 0 atom stereocenters. The van der Waals surface area contributed by atoms with Gasteiger partial charge in [-0.25, -0.2) is 19.6 Å². The van der Waals surface area contributed by atoms with E-state index < -0.39 is 0 Å². The summed E-state index contributed by atoms with van der Waals surface area (Å²) in [5.74, 6) is 4.33. The molecular formula is C78H94N12+4. The molecule has 0 fully saturated rings. The fourth-order valence-corrected chi connectivity index (χ4v) is 13.3. The van der Waals surface area contributed by atoms with Gasteiger partial charge in [0.1, 0.15) is 22.7 Å². The normalized spacial score (nSPS) is 10.9. The van der Waals surface area contributed by atoms with Gasteiger partial charge in [0.25, 0.3) is 0 Å². The molecule has 0 saturated carbocycles. The molecule has 0 bridgehead atoms. The smallest absolute Gasteiger partial charge is 0.270 e. The van der Waals surface area contributed by atoms with Crippen LogP contribution in [0.15, 0.2) is 206 Å². The lowest BCUT2D eigenvalue weighted by Crippen LogP contribution is -2.43. The minimum Gasteiger partial charge on any atom is -0.270 e. The Labute approximate surface area is 537 Å². The largest absolute Gasteiger partial charge is 0.354 e. The maximum atomic E-state index is 2.36. The maximum absolute atomic E-state index is 2.36. The van der Waals surface area contributed by atoms with E-state index >= 15 is 0 Å². The Morgan fingerprint density at radius 2 is 0.367 bits per heavy atom. The topological polar surface area (TPSA) is 38.0 Å². The fraction of sp³-hybridized carbons (Fsp3) is 0.256. The average Bonchev–Trinajstić information content (AvgIpc) is 0.764. The van der Waals surface area contributed by atoms with Crippen LogP contribution in [0.4, 0.5) is 22.7 Å². The molecule has 9 aromatic rings. The summed E-state index contributed by atoms with van der Waals surface area (Å²) < 4.78 is 8.61. The lowest BCUT2D eigenvalue weighted by molar-refractivity contribution is -0.470. The second-order valence-corrected chi connectivity index (χ2v) is 24.9. The summed E-state index contributed by atoms with van der Waals surface area (Å²) in [7, 11) is 42.0. The molecule has 9 aromatic carbocycles. The van der Waals surface area contributed by atoms with Gasteiger partial charge in [-0.1, -0.05) is 158 Å². The van der Waals surface area contributed by atoms with Gasteiger partial charge in [0.2, 0.25) is 0 Å². The molecule has 0 saturated heterocycles. The first-order valence-corrected chi connectivity index (χ1v) is 30.8. The van der Waals surface area contributed by atoms with Crippen molar-refractivity contribution < 1.29 is 18.3 Å². The third kappa shape index (κ3) is 13.4. The quantitative estimate of drug-likeness (QED) is 0.0681. The van der Waals surface area contributed by atoms with Crippen molar-refractivity contribution in [3.05, 3.63) is 206 Å². The molecule has 12 heteroatoms. The van der Waals surface area contributed by atoms with E-state index in [4.69, 9.17) is 0 Å². The Kier molecular flexibility index (Phi) is 19.8. The van der Waals surface area contributed by atoms with Crippen molar-refractivity contribution in [2.75, 3.05) is 161 Å². The highest BCUT2D eigenvalue weighted by atomic mass is 15.4. The Balaban J connectivity index is 1.30. The van der Waals surface area contributed by atoms with Gasteiger partial charge in [-0.3, -0.25) is 37.9 Å². The van der Waals surface area contributed by atoms with Crippen LogP contribution in [0.2, 0.25) is 0 Å². The first-order chi connectivity index (χ1) is 43.0. The second kappa shape index (κ2) is 27.6. The van der Waals surface area contributed by atoms with E-state index in [1.165, 1.54) is 11.1 Å². The summed E-state index contributed by atoms with van der Waals surface area (Å²) in [6.45, 7) is 0. The summed E-state index contributed by atoms with van der Waals surface area (Å²) >= 11 is 0. The van der Waals surface area contributed by atoms with Crippen LogP contribution in [0.25, 0.3) is 89.0 Å². The van der Waals surface area contributed by atoms with E-state index in [1.54, 1.807) is 0 Å². The van der Waals surface area contributed by atoms with Crippen molar-refractivity contribution in [2.45, 2.75) is 0 Å². The minimum atomic E-state index is 1.08. The molecule has 0 unspecified atom stereocenters. The van der Waals surface area contributed by atoms with Crippen molar-refractivity contribution in [3.8, 4) is 89.0 Å². The summed E-state index contributed by atoms with van der Waals surface area (Å²) in [6, 6.07) is 76.8. The van der Waals surface area contributed by atoms with Crippen LogP contribution in [0, 0.1) is 0 Å². The third-order valence-corrected chi connectivity index (χ3v) is 16.7. The zero-order chi connectivity index (χ0) is 64.8. The van der Waals surface area contributed by atoms with Crippen molar-refractivity contribution in [1.82, 2.24) is 19.6 Å². The van der Waals surface area contributed by atoms with Crippen LogP contribution in [0.5, 0.6) is 0 Å². The number of rotatable bonds is 12. The molecule has 0 aliphatic heterocycles. The van der Waals surface area contributed by atoms with E-state index in [2.05, 4.69) is 405 Å². The molecule has 0 N–H and O–H groups in total. The SMILES string of the molecule is CN(C)C(N(C)c1ccc(-c2ccc(-c3ccc(N(C)C(N(C)C)=[N+](C)C)cc3)c(-c3ccc(-c4c(-c5ccc(N(C)C(N(C)C)=[N+](C)C)cc5)ccc(-c5ccc(N(C)C(N(C)C)=[N+](C)C)cc5)c4-c4ccccc4)cc3)c2-c2ccccc2)cc1)=[N+](C)C. The molecule has 0 aliphatic rings. The summed E-state index contributed by atoms with van der Waals surface area (Å²) in [5.41, 5.74) is 22.7. The molecule has 0 aromatic heterocycles. The first-order valence-electron chi connectivity index (χ1n) is 30.8. The van der Waals surface area contributed by atoms with Crippen LogP contribution in [0.3, 0.4) is 0 Å². The second-order valence-electron chi connectivity index (χ2n) is 24.9. The van der Waals surface area contributed by atoms with Crippen molar-refractivity contribution >= 4 is 46.6 Å². The van der Waals surface area contributed by atoms with Gasteiger partial charge < -0.3 is 0 Å². The third-order valence-electron chi connectivity index (χ3n) is 16.7. The molecule has 0 amide bonds. The molecular weight excluding hydrogens is 1100 g/mol. The van der Waals surface area contributed by atoms with E-state index in [1.807, 2.05) is 0 Å². The number of anilines is 4. The standard InChI is InChI=1S/C78H94N12/c1-79(2)75(80(3)4)87(17)63-43-35-55(36-44-63)67-51-53-69(57-39-47-65(48-40-57)89(19)77(83(9)10)84(11)12)73(71(67)59-27-23-21-24-28-59)61-31-33-62(34-32-61)74-70(58-41-49-66(50-42-58)90(20)78(85(13)14)86(15)16)54-52-68(72(74)60-29-25-22-26-30-60)56-37-45-64(46-38-56)88(18)76(81(5)6)82(7)8/h21-54H,1-20H3/q+4. The number of hydrogen-bond acceptors (Lipinski definition) is 0. The molecule has 462 valence electrons. The van der Waals surface area contributed by atoms with Gasteiger partial charge in [-0.15, -0.1) is 0 Å². The highest BCUT2D eigenvalue weighted by Crippen LogP contribution is 2.49. The van der Waals surface area contributed by atoms with Gasteiger partial charge >= 0.3 is 23.8 Å². The van der Waals surface area contributed by atoms with Crippen LogP contribution >= 0.6 is 0 Å². The summed E-state index contributed by atoms with van der Waals surface area (Å²) in [4.78, 5) is 17.6. The van der Waals surface area contributed by atoms with Gasteiger partial charge in [0, 0.05) is 0 Å². The lowest BCUT2D eigenvalue weighted by Gasteiger charge is -2.24. The van der Waals surface area contributed by atoms with Crippen LogP contribution < -0.4 is 19.6 Å². The average molecular weight is 1200 g/mol. The van der Waals surface area contributed by atoms with Crippen molar-refractivity contribution in [1.29, 1.82) is 0 Å². The number of nitrogens with zero attached hydrogens (tertiary/aromatic N) is 12. The van der Waals surface area contributed by atoms with Crippen LogP contribution in [-0.4, -0.2) is 203 Å². The van der Waals surface area contributed by atoms with E-state index in [-0.39, 0.29) is 0 Å². The van der Waals surface area contributed by atoms with E-state index in [0.717, 1.165) is 124 Å². The predicted octanol–water partition coefficient (Wildman–Crippen LogP) is 13.5. The zero-order valence-corrected chi connectivity index (χ0v) is 57.0. The molecule has 0 radical (unpaired) electrons. The van der Waals surface area contributed by atoms with E-state index in [9.17, 15) is 0 Å². The van der Waals surface area contributed by atoms with Crippen LogP contribution in [-0.2, 0) is 0 Å². The maximum Gasteiger partial charge on any atom is 0.354 e. The Hall–Kier alpha value is -9.94. The molecule has 90 heavy (non-hydrogen) atoms. The molecule has 9 rings (SSSR count). The summed E-state index contributed by atoms with van der Waals surface area (Å²) in [6.07, 6.45) is 0. The minimum absolute atomic E-state index is 1.08. The predicted molar refractivity (Wildman–Crippen MR) is 387 cm³/mol. The first kappa shape index (κ1) is 64.5. The fourth-order valence-electron chi connectivity index (χ4n) is 13.3.